The van der Waals surface area contributed by atoms with E-state index in [-0.39, 0.29) is 12.4 Å². The third-order valence-electron chi connectivity index (χ3n) is 3.39. The van der Waals surface area contributed by atoms with E-state index in [2.05, 4.69) is 17.3 Å². The summed E-state index contributed by atoms with van der Waals surface area (Å²) in [5, 5.41) is 3.39. The molecule has 0 amide bonds. The molecule has 0 radical (unpaired) electrons. The minimum atomic E-state index is 0. The fraction of sp³-hybridized carbons (Fsp3) is 0.571. The highest BCUT2D eigenvalue weighted by molar-refractivity contribution is 5.85. The summed E-state index contributed by atoms with van der Waals surface area (Å²) in [5.41, 5.74) is 0. The summed E-state index contributed by atoms with van der Waals surface area (Å²) in [4.78, 5) is 2.42. The summed E-state index contributed by atoms with van der Waals surface area (Å²) in [5.74, 6) is 0.964. The number of halogens is 1. The summed E-state index contributed by atoms with van der Waals surface area (Å²) in [6, 6.07) is 10.7. The van der Waals surface area contributed by atoms with Crippen LogP contribution in [0.25, 0.3) is 0 Å². The van der Waals surface area contributed by atoms with E-state index in [0.29, 0.717) is 0 Å². The van der Waals surface area contributed by atoms with E-state index < -0.39 is 0 Å². The molecule has 0 bridgehead atoms. The Kier molecular flexibility index (Phi) is 7.09. The van der Waals surface area contributed by atoms with Crippen LogP contribution in [0.2, 0.25) is 0 Å². The van der Waals surface area contributed by atoms with Gasteiger partial charge in [0.2, 0.25) is 0 Å². The first-order chi connectivity index (χ1) is 8.36. The molecular weight excluding hydrogens is 248 g/mol. The normalized spacial score (nSPS) is 16.3. The average molecular weight is 271 g/mol. The lowest BCUT2D eigenvalue weighted by Crippen LogP contribution is -2.42. The van der Waals surface area contributed by atoms with E-state index in [9.17, 15) is 0 Å². The molecule has 1 aliphatic heterocycles. The standard InChI is InChI=1S/C14H22N2O.ClH/c1-16(13-7-9-15-10-8-13)11-12-17-14-5-3-2-4-6-14;/h2-6,13,15H,7-12H2,1H3;1H. The van der Waals surface area contributed by atoms with Gasteiger partial charge >= 0.3 is 0 Å². The van der Waals surface area contributed by atoms with Crippen molar-refractivity contribution < 1.29 is 4.74 Å². The van der Waals surface area contributed by atoms with Crippen molar-refractivity contribution in [3.63, 3.8) is 0 Å². The van der Waals surface area contributed by atoms with Gasteiger partial charge in [-0.25, -0.2) is 0 Å². The van der Waals surface area contributed by atoms with Crippen molar-refractivity contribution in [2.75, 3.05) is 33.3 Å². The smallest absolute Gasteiger partial charge is 0.119 e. The van der Waals surface area contributed by atoms with Crippen molar-refractivity contribution in [3.05, 3.63) is 30.3 Å². The monoisotopic (exact) mass is 270 g/mol. The van der Waals surface area contributed by atoms with Crippen LogP contribution in [0.5, 0.6) is 5.75 Å². The summed E-state index contributed by atoms with van der Waals surface area (Å²) < 4.78 is 5.71. The quantitative estimate of drug-likeness (QED) is 0.888. The molecule has 3 nitrogen and oxygen atoms in total. The molecule has 1 fully saturated rings. The van der Waals surface area contributed by atoms with Gasteiger partial charge in [-0.2, -0.15) is 0 Å². The summed E-state index contributed by atoms with van der Waals surface area (Å²) in [7, 11) is 2.20. The minimum absolute atomic E-state index is 0. The van der Waals surface area contributed by atoms with Gasteiger partial charge in [0.15, 0.2) is 0 Å². The second-order valence-corrected chi connectivity index (χ2v) is 4.62. The number of piperidine rings is 1. The first-order valence-electron chi connectivity index (χ1n) is 6.45. The zero-order valence-corrected chi connectivity index (χ0v) is 11.8. The first kappa shape index (κ1) is 15.3. The topological polar surface area (TPSA) is 24.5 Å². The molecule has 2 rings (SSSR count). The van der Waals surface area contributed by atoms with E-state index >= 15 is 0 Å². The second kappa shape index (κ2) is 8.35. The maximum atomic E-state index is 5.71. The number of para-hydroxylation sites is 1. The number of hydrogen-bond acceptors (Lipinski definition) is 3. The Bertz CT molecular complexity index is 315. The van der Waals surface area contributed by atoms with E-state index in [1.54, 1.807) is 0 Å². The molecule has 0 spiro atoms. The van der Waals surface area contributed by atoms with E-state index in [0.717, 1.165) is 38.0 Å². The Labute approximate surface area is 116 Å². The Morgan fingerprint density at radius 2 is 1.89 bits per heavy atom. The summed E-state index contributed by atoms with van der Waals surface area (Å²) >= 11 is 0. The molecule has 1 saturated heterocycles. The van der Waals surface area contributed by atoms with Crippen LogP contribution < -0.4 is 10.1 Å². The van der Waals surface area contributed by atoms with Crippen LogP contribution in [-0.2, 0) is 0 Å². The number of nitrogens with one attached hydrogen (secondary N) is 1. The van der Waals surface area contributed by atoms with Crippen LogP contribution >= 0.6 is 12.4 Å². The largest absolute Gasteiger partial charge is 0.492 e. The lowest BCUT2D eigenvalue weighted by molar-refractivity contribution is 0.165. The van der Waals surface area contributed by atoms with Gasteiger partial charge in [0, 0.05) is 12.6 Å². The Morgan fingerprint density at radius 1 is 1.22 bits per heavy atom. The van der Waals surface area contributed by atoms with Gasteiger partial charge in [-0.1, -0.05) is 18.2 Å². The number of hydrogen-bond donors (Lipinski definition) is 1. The summed E-state index contributed by atoms with van der Waals surface area (Å²) in [6.45, 7) is 4.06. The molecule has 18 heavy (non-hydrogen) atoms. The van der Waals surface area contributed by atoms with E-state index in [4.69, 9.17) is 4.74 Å². The van der Waals surface area contributed by atoms with Crippen molar-refractivity contribution >= 4 is 12.4 Å². The molecule has 102 valence electrons. The number of benzene rings is 1. The molecule has 1 aromatic carbocycles. The van der Waals surface area contributed by atoms with Crippen molar-refractivity contribution in [1.29, 1.82) is 0 Å². The van der Waals surface area contributed by atoms with E-state index in [1.165, 1.54) is 12.8 Å². The Morgan fingerprint density at radius 3 is 2.56 bits per heavy atom. The van der Waals surface area contributed by atoms with Gasteiger partial charge in [-0.15, -0.1) is 12.4 Å². The van der Waals surface area contributed by atoms with Gasteiger partial charge in [-0.3, -0.25) is 4.90 Å². The molecule has 1 aliphatic rings. The fourth-order valence-corrected chi connectivity index (χ4v) is 2.25. The van der Waals surface area contributed by atoms with E-state index in [1.807, 2.05) is 30.3 Å². The SMILES string of the molecule is CN(CCOc1ccccc1)C1CCNCC1.Cl. The molecule has 1 N–H and O–H groups in total. The van der Waals surface area contributed by atoms with Crippen molar-refractivity contribution in [2.24, 2.45) is 0 Å². The molecule has 0 aliphatic carbocycles. The molecule has 0 saturated carbocycles. The van der Waals surface area contributed by atoms with Crippen LogP contribution in [0.1, 0.15) is 12.8 Å². The van der Waals surface area contributed by atoms with Crippen LogP contribution in [0.4, 0.5) is 0 Å². The van der Waals surface area contributed by atoms with Crippen molar-refractivity contribution in [1.82, 2.24) is 10.2 Å². The fourth-order valence-electron chi connectivity index (χ4n) is 2.25. The van der Waals surface area contributed by atoms with Crippen LogP contribution in [0, 0.1) is 0 Å². The highest BCUT2D eigenvalue weighted by Crippen LogP contribution is 2.11. The molecule has 0 aromatic heterocycles. The predicted octanol–water partition coefficient (Wildman–Crippen LogP) is 2.17. The first-order valence-corrected chi connectivity index (χ1v) is 6.45. The number of rotatable bonds is 5. The van der Waals surface area contributed by atoms with Gasteiger partial charge in [0.05, 0.1) is 0 Å². The lowest BCUT2D eigenvalue weighted by atomic mass is 10.1. The van der Waals surface area contributed by atoms with Gasteiger partial charge < -0.3 is 10.1 Å². The molecule has 0 atom stereocenters. The predicted molar refractivity (Wildman–Crippen MR) is 77.7 cm³/mol. The van der Waals surface area contributed by atoms with Gasteiger partial charge in [0.1, 0.15) is 12.4 Å². The average Bonchev–Trinajstić information content (AvgIpc) is 2.41. The van der Waals surface area contributed by atoms with Crippen LogP contribution in [-0.4, -0.2) is 44.2 Å². The van der Waals surface area contributed by atoms with Gasteiger partial charge in [0.25, 0.3) is 0 Å². The third kappa shape index (κ3) is 4.84. The van der Waals surface area contributed by atoms with Crippen molar-refractivity contribution in [3.8, 4) is 5.75 Å². The van der Waals surface area contributed by atoms with Crippen LogP contribution in [0.15, 0.2) is 30.3 Å². The molecule has 0 unspecified atom stereocenters. The zero-order chi connectivity index (χ0) is 11.9. The minimum Gasteiger partial charge on any atom is -0.492 e. The molecular formula is C14H23ClN2O. The molecule has 1 heterocycles. The highest BCUT2D eigenvalue weighted by atomic mass is 35.5. The zero-order valence-electron chi connectivity index (χ0n) is 11.0. The molecule has 1 aromatic rings. The van der Waals surface area contributed by atoms with Crippen molar-refractivity contribution in [2.45, 2.75) is 18.9 Å². The Balaban J connectivity index is 0.00000162. The Hall–Kier alpha value is -0.770. The maximum Gasteiger partial charge on any atom is 0.119 e. The molecule has 4 heteroatoms. The third-order valence-corrected chi connectivity index (χ3v) is 3.39. The van der Waals surface area contributed by atoms with Gasteiger partial charge in [-0.05, 0) is 45.1 Å². The lowest BCUT2D eigenvalue weighted by Gasteiger charge is -2.31. The number of likely N-dealkylation sites (N-methyl/N-ethyl adjacent to an activating group) is 1. The maximum absolute atomic E-state index is 5.71. The number of nitrogens with zero attached hydrogens (tertiary/aromatic N) is 1. The summed E-state index contributed by atoms with van der Waals surface area (Å²) in [6.07, 6.45) is 2.50. The van der Waals surface area contributed by atoms with Crippen LogP contribution in [0.3, 0.4) is 0 Å². The highest BCUT2D eigenvalue weighted by Gasteiger charge is 2.17. The number of ether oxygens (including phenoxy) is 1. The second-order valence-electron chi connectivity index (χ2n) is 4.62.